The second-order valence-electron chi connectivity index (χ2n) is 6.14. The third kappa shape index (κ3) is 4.29. The molecule has 0 spiro atoms. The molecule has 1 aromatic carbocycles. The molecule has 0 aliphatic carbocycles. The van der Waals surface area contributed by atoms with Gasteiger partial charge in [0, 0.05) is 24.8 Å². The topological polar surface area (TPSA) is 32.8 Å². The predicted octanol–water partition coefficient (Wildman–Crippen LogP) is 2.54. The van der Waals surface area contributed by atoms with E-state index in [0.29, 0.717) is 6.54 Å². The van der Waals surface area contributed by atoms with Crippen molar-refractivity contribution in [2.75, 3.05) is 24.5 Å². The molecular formula is C17H26N2O2. The number of hydrogen-bond acceptors (Lipinski definition) is 3. The van der Waals surface area contributed by atoms with Gasteiger partial charge in [0.05, 0.1) is 18.8 Å². The van der Waals surface area contributed by atoms with Crippen LogP contribution in [0.5, 0.6) is 0 Å². The molecule has 2 atom stereocenters. The van der Waals surface area contributed by atoms with Crippen LogP contribution in [-0.4, -0.2) is 48.7 Å². The van der Waals surface area contributed by atoms with E-state index in [0.717, 1.165) is 18.8 Å². The molecule has 4 heteroatoms. The number of morpholine rings is 1. The van der Waals surface area contributed by atoms with E-state index in [1.165, 1.54) is 0 Å². The molecule has 1 saturated heterocycles. The number of benzene rings is 1. The van der Waals surface area contributed by atoms with Crippen molar-refractivity contribution in [2.45, 2.75) is 45.9 Å². The molecule has 1 aromatic rings. The van der Waals surface area contributed by atoms with Crippen molar-refractivity contribution in [2.24, 2.45) is 0 Å². The van der Waals surface area contributed by atoms with E-state index >= 15 is 0 Å². The van der Waals surface area contributed by atoms with E-state index in [1.807, 2.05) is 35.2 Å². The molecule has 0 radical (unpaired) electrons. The number of hydrogen-bond donors (Lipinski definition) is 0. The van der Waals surface area contributed by atoms with Gasteiger partial charge in [0.2, 0.25) is 5.91 Å². The van der Waals surface area contributed by atoms with Gasteiger partial charge in [-0.3, -0.25) is 9.69 Å². The average molecular weight is 290 g/mol. The molecule has 1 heterocycles. The molecule has 116 valence electrons. The van der Waals surface area contributed by atoms with Crippen molar-refractivity contribution in [3.63, 3.8) is 0 Å². The van der Waals surface area contributed by atoms with Crippen LogP contribution in [0.1, 0.15) is 27.7 Å². The van der Waals surface area contributed by atoms with Gasteiger partial charge >= 0.3 is 0 Å². The molecule has 0 aromatic heterocycles. The first kappa shape index (κ1) is 16.0. The van der Waals surface area contributed by atoms with Crippen molar-refractivity contribution in [3.8, 4) is 0 Å². The predicted molar refractivity (Wildman–Crippen MR) is 85.5 cm³/mol. The first-order valence-corrected chi connectivity index (χ1v) is 7.72. The minimum atomic E-state index is 0.149. The fourth-order valence-corrected chi connectivity index (χ4v) is 3.00. The molecule has 0 bridgehead atoms. The molecule has 2 rings (SSSR count). The van der Waals surface area contributed by atoms with Crippen molar-refractivity contribution in [1.82, 2.24) is 4.90 Å². The molecule has 1 aliphatic rings. The summed E-state index contributed by atoms with van der Waals surface area (Å²) in [6.07, 6.45) is 0.372. The first-order valence-electron chi connectivity index (χ1n) is 7.72. The molecule has 1 amide bonds. The van der Waals surface area contributed by atoms with Crippen LogP contribution in [0.4, 0.5) is 5.69 Å². The molecule has 21 heavy (non-hydrogen) atoms. The summed E-state index contributed by atoms with van der Waals surface area (Å²) in [4.78, 5) is 16.8. The van der Waals surface area contributed by atoms with E-state index in [9.17, 15) is 4.79 Å². The summed E-state index contributed by atoms with van der Waals surface area (Å²) >= 11 is 0. The van der Waals surface area contributed by atoms with Gasteiger partial charge in [-0.2, -0.15) is 0 Å². The molecule has 0 saturated carbocycles. The van der Waals surface area contributed by atoms with Gasteiger partial charge in [-0.15, -0.1) is 0 Å². The summed E-state index contributed by atoms with van der Waals surface area (Å²) in [5, 5.41) is 0. The average Bonchev–Trinajstić information content (AvgIpc) is 2.38. The van der Waals surface area contributed by atoms with E-state index in [2.05, 4.69) is 32.6 Å². The van der Waals surface area contributed by atoms with Crippen molar-refractivity contribution in [3.05, 3.63) is 30.3 Å². The van der Waals surface area contributed by atoms with Gasteiger partial charge in [0.1, 0.15) is 0 Å². The lowest BCUT2D eigenvalue weighted by atomic mass is 10.2. The number of carbonyl (C=O) groups is 1. The monoisotopic (exact) mass is 290 g/mol. The van der Waals surface area contributed by atoms with Crippen molar-refractivity contribution >= 4 is 11.6 Å². The number of para-hydroxylation sites is 1. The summed E-state index contributed by atoms with van der Waals surface area (Å²) in [5.74, 6) is 0.150. The highest BCUT2D eigenvalue weighted by molar-refractivity contribution is 5.95. The zero-order valence-electron chi connectivity index (χ0n) is 13.5. The molecule has 1 fully saturated rings. The fourth-order valence-electron chi connectivity index (χ4n) is 3.00. The van der Waals surface area contributed by atoms with Gasteiger partial charge in [0.15, 0.2) is 0 Å². The van der Waals surface area contributed by atoms with Crippen LogP contribution in [0.3, 0.4) is 0 Å². The van der Waals surface area contributed by atoms with Crippen molar-refractivity contribution < 1.29 is 9.53 Å². The lowest BCUT2D eigenvalue weighted by molar-refractivity contribution is -0.123. The largest absolute Gasteiger partial charge is 0.373 e. The van der Waals surface area contributed by atoms with E-state index in [1.54, 1.807) is 0 Å². The Morgan fingerprint density at radius 2 is 1.81 bits per heavy atom. The summed E-state index contributed by atoms with van der Waals surface area (Å²) < 4.78 is 5.72. The van der Waals surface area contributed by atoms with Gasteiger partial charge in [-0.05, 0) is 39.8 Å². The standard InChI is InChI=1S/C17H26N2O2/c1-13(2)19(16-8-6-5-7-9-16)17(20)12-18-10-14(3)21-15(4)11-18/h5-9,13-15H,10-12H2,1-4H3. The van der Waals surface area contributed by atoms with Crippen LogP contribution in [-0.2, 0) is 9.53 Å². The minimum absolute atomic E-state index is 0.149. The quantitative estimate of drug-likeness (QED) is 0.854. The number of carbonyl (C=O) groups excluding carboxylic acids is 1. The molecule has 0 N–H and O–H groups in total. The SMILES string of the molecule is CC1CN(CC(=O)N(c2ccccc2)C(C)C)CC(C)O1. The third-order valence-electron chi connectivity index (χ3n) is 3.67. The van der Waals surface area contributed by atoms with Crippen LogP contribution < -0.4 is 4.90 Å². The maximum atomic E-state index is 12.7. The Labute approximate surface area is 127 Å². The highest BCUT2D eigenvalue weighted by Crippen LogP contribution is 2.18. The Bertz CT molecular complexity index is 451. The lowest BCUT2D eigenvalue weighted by Crippen LogP contribution is -2.51. The summed E-state index contributed by atoms with van der Waals surface area (Å²) in [6.45, 7) is 10.3. The fraction of sp³-hybridized carbons (Fsp3) is 0.588. The van der Waals surface area contributed by atoms with Crippen LogP contribution in [0.25, 0.3) is 0 Å². The Kier molecular flexibility index (Phi) is 5.37. The summed E-state index contributed by atoms with van der Waals surface area (Å²) in [7, 11) is 0. The second-order valence-corrected chi connectivity index (χ2v) is 6.14. The zero-order chi connectivity index (χ0) is 15.4. The smallest absolute Gasteiger partial charge is 0.241 e. The Hall–Kier alpha value is -1.39. The molecule has 2 unspecified atom stereocenters. The number of ether oxygens (including phenoxy) is 1. The highest BCUT2D eigenvalue weighted by Gasteiger charge is 2.26. The van der Waals surface area contributed by atoms with Crippen LogP contribution in [0, 0.1) is 0 Å². The van der Waals surface area contributed by atoms with Crippen LogP contribution in [0.15, 0.2) is 30.3 Å². The Balaban J connectivity index is 2.06. The summed E-state index contributed by atoms with van der Waals surface area (Å²) in [5.41, 5.74) is 0.965. The Morgan fingerprint density at radius 3 is 2.33 bits per heavy atom. The van der Waals surface area contributed by atoms with Gasteiger partial charge in [-0.25, -0.2) is 0 Å². The third-order valence-corrected chi connectivity index (χ3v) is 3.67. The summed E-state index contributed by atoms with van der Waals surface area (Å²) in [6, 6.07) is 10.0. The Morgan fingerprint density at radius 1 is 1.24 bits per heavy atom. The maximum Gasteiger partial charge on any atom is 0.241 e. The first-order chi connectivity index (χ1) is 9.97. The second kappa shape index (κ2) is 7.05. The van der Waals surface area contributed by atoms with Gasteiger partial charge in [0.25, 0.3) is 0 Å². The van der Waals surface area contributed by atoms with Crippen LogP contribution >= 0.6 is 0 Å². The van der Waals surface area contributed by atoms with Gasteiger partial charge in [-0.1, -0.05) is 18.2 Å². The molecular weight excluding hydrogens is 264 g/mol. The van der Waals surface area contributed by atoms with Gasteiger partial charge < -0.3 is 9.64 Å². The number of amides is 1. The number of rotatable bonds is 4. The number of nitrogens with zero attached hydrogens (tertiary/aromatic N) is 2. The maximum absolute atomic E-state index is 12.7. The highest BCUT2D eigenvalue weighted by atomic mass is 16.5. The van der Waals surface area contributed by atoms with Crippen molar-refractivity contribution in [1.29, 1.82) is 0 Å². The van der Waals surface area contributed by atoms with E-state index in [-0.39, 0.29) is 24.2 Å². The molecule has 4 nitrogen and oxygen atoms in total. The zero-order valence-corrected chi connectivity index (χ0v) is 13.5. The van der Waals surface area contributed by atoms with Crippen LogP contribution in [0.2, 0.25) is 0 Å². The normalized spacial score (nSPS) is 23.3. The van der Waals surface area contributed by atoms with E-state index in [4.69, 9.17) is 4.74 Å². The number of anilines is 1. The lowest BCUT2D eigenvalue weighted by Gasteiger charge is -2.36. The molecule has 1 aliphatic heterocycles. The minimum Gasteiger partial charge on any atom is -0.373 e. The van der Waals surface area contributed by atoms with E-state index < -0.39 is 0 Å².